The quantitative estimate of drug-likeness (QED) is 0.865. The second kappa shape index (κ2) is 5.58. The van der Waals surface area contributed by atoms with Crippen molar-refractivity contribution in [3.63, 3.8) is 0 Å². The van der Waals surface area contributed by atoms with Crippen molar-refractivity contribution in [2.75, 3.05) is 26.8 Å². The van der Waals surface area contributed by atoms with Crippen LogP contribution in [-0.4, -0.2) is 37.7 Å². The van der Waals surface area contributed by atoms with E-state index in [-0.39, 0.29) is 17.9 Å². The molecule has 1 aliphatic rings. The van der Waals surface area contributed by atoms with Gasteiger partial charge in [0.2, 0.25) is 0 Å². The molecular formula is C13H19FN2O. The van der Waals surface area contributed by atoms with Gasteiger partial charge in [-0.25, -0.2) is 4.39 Å². The molecule has 1 aromatic rings. The van der Waals surface area contributed by atoms with Gasteiger partial charge in [-0.3, -0.25) is 4.90 Å². The van der Waals surface area contributed by atoms with Gasteiger partial charge in [0.15, 0.2) is 0 Å². The zero-order valence-electron chi connectivity index (χ0n) is 10.1. The van der Waals surface area contributed by atoms with Gasteiger partial charge < -0.3 is 10.5 Å². The number of ether oxygens (including phenoxy) is 1. The number of rotatable bonds is 4. The van der Waals surface area contributed by atoms with Crippen molar-refractivity contribution in [1.82, 2.24) is 4.90 Å². The minimum Gasteiger partial charge on any atom is -0.383 e. The van der Waals surface area contributed by atoms with Crippen molar-refractivity contribution in [2.24, 2.45) is 5.73 Å². The van der Waals surface area contributed by atoms with Crippen molar-refractivity contribution >= 4 is 0 Å². The Bertz CT molecular complexity index is 372. The Balaban J connectivity index is 2.18. The molecule has 2 atom stereocenters. The SMILES string of the molecule is COCCN1CCC(N)C1c1ccccc1F. The van der Waals surface area contributed by atoms with Gasteiger partial charge in [-0.1, -0.05) is 18.2 Å². The monoisotopic (exact) mass is 238 g/mol. The summed E-state index contributed by atoms with van der Waals surface area (Å²) in [6.45, 7) is 2.35. The summed E-state index contributed by atoms with van der Waals surface area (Å²) in [4.78, 5) is 2.20. The number of hydrogen-bond acceptors (Lipinski definition) is 3. The van der Waals surface area contributed by atoms with E-state index in [4.69, 9.17) is 10.5 Å². The largest absolute Gasteiger partial charge is 0.383 e. The average molecular weight is 238 g/mol. The molecule has 4 heteroatoms. The molecule has 0 aromatic heterocycles. The topological polar surface area (TPSA) is 38.5 Å². The molecule has 0 saturated carbocycles. The first-order valence-electron chi connectivity index (χ1n) is 5.97. The van der Waals surface area contributed by atoms with Gasteiger partial charge in [0, 0.05) is 31.8 Å². The number of methoxy groups -OCH3 is 1. The summed E-state index contributed by atoms with van der Waals surface area (Å²) in [6, 6.07) is 6.87. The maximum absolute atomic E-state index is 13.8. The van der Waals surface area contributed by atoms with Crippen molar-refractivity contribution in [1.29, 1.82) is 0 Å². The molecule has 1 aromatic carbocycles. The lowest BCUT2D eigenvalue weighted by atomic mass is 10.0. The molecule has 1 aliphatic heterocycles. The Morgan fingerprint density at radius 2 is 2.24 bits per heavy atom. The molecule has 2 N–H and O–H groups in total. The number of nitrogens with zero attached hydrogens (tertiary/aromatic N) is 1. The standard InChI is InChI=1S/C13H19FN2O/c1-17-9-8-16-7-6-12(15)13(16)10-4-2-3-5-11(10)14/h2-5,12-13H,6-9,15H2,1H3. The number of benzene rings is 1. The molecule has 94 valence electrons. The molecule has 1 saturated heterocycles. The van der Waals surface area contributed by atoms with Crippen LogP contribution >= 0.6 is 0 Å². The van der Waals surface area contributed by atoms with Crippen LogP contribution in [0.2, 0.25) is 0 Å². The van der Waals surface area contributed by atoms with E-state index in [0.717, 1.165) is 19.5 Å². The van der Waals surface area contributed by atoms with E-state index in [1.165, 1.54) is 6.07 Å². The first-order valence-corrected chi connectivity index (χ1v) is 5.97. The zero-order valence-corrected chi connectivity index (χ0v) is 10.1. The lowest BCUT2D eigenvalue weighted by molar-refractivity contribution is 0.138. The van der Waals surface area contributed by atoms with Crippen LogP contribution in [0.5, 0.6) is 0 Å². The number of likely N-dealkylation sites (tertiary alicyclic amines) is 1. The highest BCUT2D eigenvalue weighted by Gasteiger charge is 2.33. The minimum absolute atomic E-state index is 0.00348. The van der Waals surface area contributed by atoms with Gasteiger partial charge in [0.25, 0.3) is 0 Å². The van der Waals surface area contributed by atoms with E-state index in [9.17, 15) is 4.39 Å². The highest BCUT2D eigenvalue weighted by atomic mass is 19.1. The maximum Gasteiger partial charge on any atom is 0.128 e. The molecule has 17 heavy (non-hydrogen) atoms. The van der Waals surface area contributed by atoms with Gasteiger partial charge >= 0.3 is 0 Å². The van der Waals surface area contributed by atoms with Crippen LogP contribution < -0.4 is 5.73 Å². The molecule has 2 rings (SSSR count). The normalized spacial score (nSPS) is 25.4. The van der Waals surface area contributed by atoms with Crippen LogP contribution in [0.1, 0.15) is 18.0 Å². The fourth-order valence-electron chi connectivity index (χ4n) is 2.48. The van der Waals surface area contributed by atoms with Crippen molar-refractivity contribution in [3.8, 4) is 0 Å². The predicted octanol–water partition coefficient (Wildman–Crippen LogP) is 1.55. The van der Waals surface area contributed by atoms with Crippen molar-refractivity contribution < 1.29 is 9.13 Å². The molecule has 0 radical (unpaired) electrons. The number of hydrogen-bond donors (Lipinski definition) is 1. The number of halogens is 1. The van der Waals surface area contributed by atoms with E-state index in [1.807, 2.05) is 12.1 Å². The molecule has 0 amide bonds. The van der Waals surface area contributed by atoms with Crippen LogP contribution in [0.3, 0.4) is 0 Å². The summed E-state index contributed by atoms with van der Waals surface area (Å²) in [5.74, 6) is -0.169. The van der Waals surface area contributed by atoms with Crippen LogP contribution in [-0.2, 0) is 4.74 Å². The lowest BCUT2D eigenvalue weighted by Crippen LogP contribution is -2.34. The molecule has 3 nitrogen and oxygen atoms in total. The maximum atomic E-state index is 13.8. The fraction of sp³-hybridized carbons (Fsp3) is 0.538. The summed E-state index contributed by atoms with van der Waals surface area (Å²) in [5.41, 5.74) is 6.80. The third-order valence-electron chi connectivity index (χ3n) is 3.36. The zero-order chi connectivity index (χ0) is 12.3. The first-order chi connectivity index (χ1) is 8.24. The molecule has 0 spiro atoms. The van der Waals surface area contributed by atoms with E-state index >= 15 is 0 Å². The summed E-state index contributed by atoms with van der Waals surface area (Å²) < 4.78 is 18.9. The van der Waals surface area contributed by atoms with Gasteiger partial charge in [0.1, 0.15) is 5.82 Å². The Kier molecular flexibility index (Phi) is 4.10. The van der Waals surface area contributed by atoms with Crippen LogP contribution in [0.15, 0.2) is 24.3 Å². The molecule has 0 aliphatic carbocycles. The predicted molar refractivity (Wildman–Crippen MR) is 65.2 cm³/mol. The van der Waals surface area contributed by atoms with E-state index < -0.39 is 0 Å². The molecule has 2 unspecified atom stereocenters. The Hall–Kier alpha value is -0.970. The minimum atomic E-state index is -0.169. The van der Waals surface area contributed by atoms with Gasteiger partial charge in [-0.2, -0.15) is 0 Å². The molecule has 0 bridgehead atoms. The summed E-state index contributed by atoms with van der Waals surface area (Å²) >= 11 is 0. The third-order valence-corrected chi connectivity index (χ3v) is 3.36. The van der Waals surface area contributed by atoms with Crippen LogP contribution in [0.25, 0.3) is 0 Å². The van der Waals surface area contributed by atoms with Gasteiger partial charge in [-0.05, 0) is 12.5 Å². The van der Waals surface area contributed by atoms with Crippen LogP contribution in [0, 0.1) is 5.82 Å². The lowest BCUT2D eigenvalue weighted by Gasteiger charge is -2.27. The highest BCUT2D eigenvalue weighted by molar-refractivity contribution is 5.24. The van der Waals surface area contributed by atoms with Gasteiger partial charge in [0.05, 0.1) is 12.6 Å². The molecule has 1 heterocycles. The fourth-order valence-corrected chi connectivity index (χ4v) is 2.48. The van der Waals surface area contributed by atoms with E-state index in [2.05, 4.69) is 4.90 Å². The highest BCUT2D eigenvalue weighted by Crippen LogP contribution is 2.32. The van der Waals surface area contributed by atoms with Crippen LogP contribution in [0.4, 0.5) is 4.39 Å². The van der Waals surface area contributed by atoms with E-state index in [0.29, 0.717) is 12.2 Å². The third kappa shape index (κ3) is 2.65. The summed E-state index contributed by atoms with van der Waals surface area (Å²) in [5, 5.41) is 0. The molecule has 1 fully saturated rings. The second-order valence-corrected chi connectivity index (χ2v) is 4.45. The number of nitrogens with two attached hydrogens (primary N) is 1. The first kappa shape index (κ1) is 12.5. The van der Waals surface area contributed by atoms with Gasteiger partial charge in [-0.15, -0.1) is 0 Å². The molecular weight excluding hydrogens is 219 g/mol. The van der Waals surface area contributed by atoms with Crippen molar-refractivity contribution in [3.05, 3.63) is 35.6 Å². The smallest absolute Gasteiger partial charge is 0.128 e. The second-order valence-electron chi connectivity index (χ2n) is 4.45. The average Bonchev–Trinajstić information content (AvgIpc) is 2.69. The Labute approximate surface area is 101 Å². The summed E-state index contributed by atoms with van der Waals surface area (Å²) in [7, 11) is 1.67. The van der Waals surface area contributed by atoms with E-state index in [1.54, 1.807) is 13.2 Å². The Morgan fingerprint density at radius 3 is 2.94 bits per heavy atom. The summed E-state index contributed by atoms with van der Waals surface area (Å²) in [6.07, 6.45) is 0.905. The Morgan fingerprint density at radius 1 is 1.47 bits per heavy atom. The van der Waals surface area contributed by atoms with Crippen molar-refractivity contribution in [2.45, 2.75) is 18.5 Å².